The zero-order chi connectivity index (χ0) is 14.7. The Balaban J connectivity index is 0.00000220. The maximum absolute atomic E-state index is 12.9. The molecule has 0 saturated heterocycles. The largest absolute Gasteiger partial charge is 0.467 e. The van der Waals surface area contributed by atoms with E-state index in [2.05, 4.69) is 0 Å². The first-order valence-corrected chi connectivity index (χ1v) is 6.33. The van der Waals surface area contributed by atoms with Gasteiger partial charge in [-0.05, 0) is 30.7 Å². The number of nitrogens with two attached hydrogens (primary N) is 1. The van der Waals surface area contributed by atoms with Crippen LogP contribution in [0.25, 0.3) is 0 Å². The summed E-state index contributed by atoms with van der Waals surface area (Å²) < 4.78 is 18.1. The number of rotatable bonds is 4. The molecule has 0 aliphatic carbocycles. The van der Waals surface area contributed by atoms with Crippen molar-refractivity contribution < 1.29 is 13.6 Å². The van der Waals surface area contributed by atoms with E-state index in [1.165, 1.54) is 18.4 Å². The third-order valence-electron chi connectivity index (χ3n) is 3.36. The molecule has 0 bridgehead atoms. The number of furan rings is 1. The summed E-state index contributed by atoms with van der Waals surface area (Å²) >= 11 is 0. The monoisotopic (exact) mass is 312 g/mol. The maximum atomic E-state index is 12.9. The smallest absolute Gasteiger partial charge is 0.257 e. The summed E-state index contributed by atoms with van der Waals surface area (Å²) in [4.78, 5) is 13.9. The van der Waals surface area contributed by atoms with Crippen LogP contribution in [0.3, 0.4) is 0 Å². The number of carbonyl (C=O) groups is 1. The standard InChI is InChI=1S/C15H17FN2O2.ClH/c1-10(11-3-5-13(16)6-4-11)18(2)15(19)12-7-14(8-17)20-9-12;/h3-7,9-10H,8,17H2,1-2H3;1H. The molecule has 1 amide bonds. The lowest BCUT2D eigenvalue weighted by molar-refractivity contribution is 0.0742. The van der Waals surface area contributed by atoms with Gasteiger partial charge in [-0.3, -0.25) is 4.79 Å². The van der Waals surface area contributed by atoms with Crippen LogP contribution in [-0.2, 0) is 6.54 Å². The van der Waals surface area contributed by atoms with E-state index in [1.54, 1.807) is 30.1 Å². The summed E-state index contributed by atoms with van der Waals surface area (Å²) in [5, 5.41) is 0. The van der Waals surface area contributed by atoms with Gasteiger partial charge in [0.15, 0.2) is 0 Å². The first kappa shape index (κ1) is 17.2. The van der Waals surface area contributed by atoms with Gasteiger partial charge >= 0.3 is 0 Å². The number of carbonyl (C=O) groups excluding carboxylic acids is 1. The summed E-state index contributed by atoms with van der Waals surface area (Å²) in [6.45, 7) is 2.14. The minimum atomic E-state index is -0.294. The third kappa shape index (κ3) is 3.83. The first-order valence-electron chi connectivity index (χ1n) is 6.33. The highest BCUT2D eigenvalue weighted by Crippen LogP contribution is 2.21. The molecule has 1 atom stereocenters. The maximum Gasteiger partial charge on any atom is 0.257 e. The van der Waals surface area contributed by atoms with Gasteiger partial charge in [0, 0.05) is 7.05 Å². The molecule has 1 aromatic heterocycles. The molecule has 2 N–H and O–H groups in total. The fourth-order valence-electron chi connectivity index (χ4n) is 1.94. The summed E-state index contributed by atoms with van der Waals surface area (Å²) in [5.41, 5.74) is 6.78. The average molecular weight is 313 g/mol. The van der Waals surface area contributed by atoms with Crippen LogP contribution in [0.15, 0.2) is 41.0 Å². The van der Waals surface area contributed by atoms with Crippen molar-refractivity contribution in [3.05, 3.63) is 59.3 Å². The summed E-state index contributed by atoms with van der Waals surface area (Å²) in [6.07, 6.45) is 1.40. The van der Waals surface area contributed by atoms with E-state index in [1.807, 2.05) is 6.92 Å². The SMILES string of the molecule is CC(c1ccc(F)cc1)N(C)C(=O)c1coc(CN)c1.Cl. The number of halogens is 2. The zero-order valence-electron chi connectivity index (χ0n) is 11.9. The van der Waals surface area contributed by atoms with E-state index in [0.29, 0.717) is 11.3 Å². The van der Waals surface area contributed by atoms with Crippen molar-refractivity contribution in [2.45, 2.75) is 19.5 Å². The Morgan fingerprint density at radius 1 is 1.38 bits per heavy atom. The first-order chi connectivity index (χ1) is 9.52. The van der Waals surface area contributed by atoms with Gasteiger partial charge in [0.05, 0.1) is 18.2 Å². The lowest BCUT2D eigenvalue weighted by Gasteiger charge is -2.24. The molecular formula is C15H18ClFN2O2. The number of nitrogens with zero attached hydrogens (tertiary/aromatic N) is 1. The molecule has 0 aliphatic heterocycles. The van der Waals surface area contributed by atoms with Crippen molar-refractivity contribution in [2.24, 2.45) is 5.73 Å². The van der Waals surface area contributed by atoms with Crippen LogP contribution in [0.1, 0.15) is 34.6 Å². The zero-order valence-corrected chi connectivity index (χ0v) is 12.7. The Kier molecular flexibility index (Phi) is 5.93. The quantitative estimate of drug-likeness (QED) is 0.943. The van der Waals surface area contributed by atoms with Crippen molar-refractivity contribution in [2.75, 3.05) is 7.05 Å². The minimum absolute atomic E-state index is 0. The van der Waals surface area contributed by atoms with Gasteiger partial charge in [-0.25, -0.2) is 4.39 Å². The molecule has 4 nitrogen and oxygen atoms in total. The number of amides is 1. The lowest BCUT2D eigenvalue weighted by atomic mass is 10.1. The summed E-state index contributed by atoms with van der Waals surface area (Å²) in [7, 11) is 1.70. The van der Waals surface area contributed by atoms with Gasteiger partial charge in [0.1, 0.15) is 17.8 Å². The molecule has 114 valence electrons. The van der Waals surface area contributed by atoms with Gasteiger partial charge in [-0.15, -0.1) is 12.4 Å². The van der Waals surface area contributed by atoms with Crippen LogP contribution in [0.5, 0.6) is 0 Å². The van der Waals surface area contributed by atoms with E-state index in [0.717, 1.165) is 5.56 Å². The fourth-order valence-corrected chi connectivity index (χ4v) is 1.94. The van der Waals surface area contributed by atoms with Crippen LogP contribution in [0.4, 0.5) is 4.39 Å². The normalized spacial score (nSPS) is 11.6. The molecule has 6 heteroatoms. The third-order valence-corrected chi connectivity index (χ3v) is 3.36. The van der Waals surface area contributed by atoms with Crippen molar-refractivity contribution >= 4 is 18.3 Å². The Labute approximate surface area is 129 Å². The van der Waals surface area contributed by atoms with Gasteiger partial charge in [-0.1, -0.05) is 12.1 Å². The molecule has 1 aromatic carbocycles. The fraction of sp³-hybridized carbons (Fsp3) is 0.267. The van der Waals surface area contributed by atoms with Crippen LogP contribution in [0, 0.1) is 5.82 Å². The van der Waals surface area contributed by atoms with Crippen LogP contribution in [0.2, 0.25) is 0 Å². The Morgan fingerprint density at radius 2 is 2.00 bits per heavy atom. The van der Waals surface area contributed by atoms with E-state index >= 15 is 0 Å². The summed E-state index contributed by atoms with van der Waals surface area (Å²) in [6, 6.07) is 7.58. The average Bonchev–Trinajstić information content (AvgIpc) is 2.94. The topological polar surface area (TPSA) is 59.5 Å². The lowest BCUT2D eigenvalue weighted by Crippen LogP contribution is -2.29. The highest BCUT2D eigenvalue weighted by atomic mass is 35.5. The Morgan fingerprint density at radius 3 is 2.52 bits per heavy atom. The molecule has 21 heavy (non-hydrogen) atoms. The molecule has 0 fully saturated rings. The molecule has 1 heterocycles. The van der Waals surface area contributed by atoms with E-state index in [9.17, 15) is 9.18 Å². The molecule has 1 unspecified atom stereocenters. The molecule has 0 spiro atoms. The summed E-state index contributed by atoms with van der Waals surface area (Å²) in [5.74, 6) is 0.110. The van der Waals surface area contributed by atoms with Crippen molar-refractivity contribution in [3.8, 4) is 0 Å². The van der Waals surface area contributed by atoms with Crippen LogP contribution in [-0.4, -0.2) is 17.9 Å². The Hall–Kier alpha value is -1.85. The number of benzene rings is 1. The minimum Gasteiger partial charge on any atom is -0.467 e. The number of hydrogen-bond donors (Lipinski definition) is 1. The highest BCUT2D eigenvalue weighted by molar-refractivity contribution is 5.94. The van der Waals surface area contributed by atoms with Crippen molar-refractivity contribution in [1.82, 2.24) is 4.90 Å². The molecule has 2 aromatic rings. The van der Waals surface area contributed by atoms with Gasteiger partial charge in [0.25, 0.3) is 5.91 Å². The van der Waals surface area contributed by atoms with Crippen molar-refractivity contribution in [1.29, 1.82) is 0 Å². The second-order valence-corrected chi connectivity index (χ2v) is 4.65. The molecular weight excluding hydrogens is 295 g/mol. The molecule has 0 aliphatic rings. The second kappa shape index (κ2) is 7.24. The highest BCUT2D eigenvalue weighted by Gasteiger charge is 2.20. The van der Waals surface area contributed by atoms with Crippen LogP contribution >= 0.6 is 12.4 Å². The van der Waals surface area contributed by atoms with Crippen molar-refractivity contribution in [3.63, 3.8) is 0 Å². The van der Waals surface area contributed by atoms with E-state index in [-0.39, 0.29) is 36.7 Å². The molecule has 0 radical (unpaired) electrons. The van der Waals surface area contributed by atoms with E-state index < -0.39 is 0 Å². The van der Waals surface area contributed by atoms with E-state index in [4.69, 9.17) is 10.2 Å². The van der Waals surface area contributed by atoms with Gasteiger partial charge in [0.2, 0.25) is 0 Å². The van der Waals surface area contributed by atoms with Gasteiger partial charge in [-0.2, -0.15) is 0 Å². The Bertz CT molecular complexity index is 598. The number of hydrogen-bond acceptors (Lipinski definition) is 3. The second-order valence-electron chi connectivity index (χ2n) is 4.65. The predicted molar refractivity (Wildman–Crippen MR) is 80.8 cm³/mol. The van der Waals surface area contributed by atoms with Crippen LogP contribution < -0.4 is 5.73 Å². The molecule has 2 rings (SSSR count). The van der Waals surface area contributed by atoms with Gasteiger partial charge < -0.3 is 15.1 Å². The molecule has 0 saturated carbocycles. The predicted octanol–water partition coefficient (Wildman–Crippen LogP) is 3.13.